The van der Waals surface area contributed by atoms with Gasteiger partial charge in [-0.25, -0.2) is 14.8 Å². The van der Waals surface area contributed by atoms with Crippen molar-refractivity contribution < 1.29 is 29.6 Å². The maximum atomic E-state index is 12.7. The van der Waals surface area contributed by atoms with Crippen LogP contribution in [0.3, 0.4) is 0 Å². The summed E-state index contributed by atoms with van der Waals surface area (Å²) in [4.78, 5) is 43.8. The summed E-state index contributed by atoms with van der Waals surface area (Å²) in [5, 5.41) is 43.0. The van der Waals surface area contributed by atoms with Crippen molar-refractivity contribution in [2.45, 2.75) is 43.9 Å². The maximum absolute atomic E-state index is 12.7. The lowest BCUT2D eigenvalue weighted by atomic mass is 9.91. The molecule has 4 heterocycles. The molecule has 16 heteroatoms. The number of urea groups is 1. The van der Waals surface area contributed by atoms with E-state index in [4.69, 9.17) is 14.7 Å². The maximum Gasteiger partial charge on any atom is 0.320 e. The first-order valence-corrected chi connectivity index (χ1v) is 17.0. The number of hydrogen-bond acceptors (Lipinski definition) is 11. The van der Waals surface area contributed by atoms with E-state index in [0.717, 1.165) is 11.1 Å². The zero-order chi connectivity index (χ0) is 36.9. The lowest BCUT2D eigenvalue weighted by molar-refractivity contribution is -0.137. The number of imidazole rings is 2. The molecule has 1 aliphatic rings. The zero-order valence-electron chi connectivity index (χ0n) is 28.6. The van der Waals surface area contributed by atoms with Crippen LogP contribution < -0.4 is 21.3 Å². The Kier molecular flexibility index (Phi) is 10.2. The van der Waals surface area contributed by atoms with Crippen molar-refractivity contribution in [3.63, 3.8) is 0 Å². The van der Waals surface area contributed by atoms with Crippen LogP contribution in [0.25, 0.3) is 17.1 Å². The molecule has 0 unspecified atom stereocenters. The van der Waals surface area contributed by atoms with Gasteiger partial charge in [0.15, 0.2) is 35.1 Å². The smallest absolute Gasteiger partial charge is 0.320 e. The summed E-state index contributed by atoms with van der Waals surface area (Å²) in [5.41, 5.74) is 3.48. The fraction of sp³-hybridized carbons (Fsp3) is 0.243. The molecule has 6 aromatic rings. The van der Waals surface area contributed by atoms with E-state index in [9.17, 15) is 24.9 Å². The first-order valence-electron chi connectivity index (χ1n) is 17.0. The predicted molar refractivity (Wildman–Crippen MR) is 194 cm³/mol. The molecule has 3 aromatic carbocycles. The Morgan fingerprint density at radius 1 is 0.887 bits per heavy atom. The Morgan fingerprint density at radius 2 is 1.62 bits per heavy atom. The standard InChI is InChI=1S/C37H38N10O6/c1-2-38-34(51)31-29(49)30(50)35(53-31)47-21-42-28-32(39-18-26(23-11-5-3-6-12-23)24-13-7-4-8-14-24)44-36(45-33(28)47)46-19-27(41-20-46)43-37(52)40-17-22-10-9-15-25(48)16-22/h3-16,19-21,26,29-31,35,48-50H,2,17-18H2,1H3,(H,38,51)(H,39,44,45)(H2,40,43,52)/t29-,30+,31-,35+/m0/s1. The molecule has 3 amide bonds. The number of carbonyl (C=O) groups excluding carboxylic acids is 2. The van der Waals surface area contributed by atoms with Crippen LogP contribution in [0.5, 0.6) is 5.75 Å². The van der Waals surface area contributed by atoms with E-state index < -0.39 is 36.5 Å². The number of fused-ring (bicyclic) bond motifs is 1. The molecule has 0 saturated carbocycles. The number of nitrogens with one attached hydrogen (secondary N) is 4. The molecule has 0 spiro atoms. The number of nitrogens with zero attached hydrogens (tertiary/aromatic N) is 6. The zero-order valence-corrected chi connectivity index (χ0v) is 28.6. The Morgan fingerprint density at radius 3 is 2.32 bits per heavy atom. The second-order valence-electron chi connectivity index (χ2n) is 12.4. The van der Waals surface area contributed by atoms with E-state index in [2.05, 4.69) is 55.5 Å². The molecular weight excluding hydrogens is 680 g/mol. The lowest BCUT2D eigenvalue weighted by Gasteiger charge is -2.20. The number of aromatic nitrogens is 6. The number of rotatable bonds is 12. The quantitative estimate of drug-likeness (QED) is 0.0977. The molecule has 16 nitrogen and oxygen atoms in total. The van der Waals surface area contributed by atoms with Gasteiger partial charge in [-0.15, -0.1) is 0 Å². The highest BCUT2D eigenvalue weighted by atomic mass is 16.6. The number of likely N-dealkylation sites (N-methyl/N-ethyl adjacent to an activating group) is 1. The summed E-state index contributed by atoms with van der Waals surface area (Å²) in [7, 11) is 0. The third-order valence-electron chi connectivity index (χ3n) is 8.83. The van der Waals surface area contributed by atoms with Gasteiger partial charge in [-0.05, 0) is 35.7 Å². The average molecular weight is 719 g/mol. The summed E-state index contributed by atoms with van der Waals surface area (Å²) >= 11 is 0. The molecular formula is C37H38N10O6. The van der Waals surface area contributed by atoms with Gasteiger partial charge < -0.3 is 36.0 Å². The highest BCUT2D eigenvalue weighted by Gasteiger charge is 2.47. The third-order valence-corrected chi connectivity index (χ3v) is 8.83. The van der Waals surface area contributed by atoms with Crippen LogP contribution in [-0.2, 0) is 16.1 Å². The molecule has 1 fully saturated rings. The second kappa shape index (κ2) is 15.5. The number of ether oxygens (including phenoxy) is 1. The number of aliphatic hydroxyl groups excluding tert-OH is 2. The Bertz CT molecular complexity index is 2160. The van der Waals surface area contributed by atoms with Crippen LogP contribution in [0.4, 0.5) is 16.4 Å². The monoisotopic (exact) mass is 718 g/mol. The molecule has 7 N–H and O–H groups in total. The molecule has 0 bridgehead atoms. The first-order chi connectivity index (χ1) is 25.8. The number of amides is 3. The van der Waals surface area contributed by atoms with E-state index in [1.165, 1.54) is 28.0 Å². The highest BCUT2D eigenvalue weighted by Crippen LogP contribution is 2.34. The van der Waals surface area contributed by atoms with Gasteiger partial charge in [-0.2, -0.15) is 9.97 Å². The summed E-state index contributed by atoms with van der Waals surface area (Å²) in [6, 6.07) is 26.2. The largest absolute Gasteiger partial charge is 0.508 e. The number of aromatic hydroxyl groups is 1. The Balaban J connectivity index is 1.20. The minimum atomic E-state index is -1.50. The van der Waals surface area contributed by atoms with E-state index in [0.29, 0.717) is 30.0 Å². The van der Waals surface area contributed by atoms with Gasteiger partial charge in [0.25, 0.3) is 5.91 Å². The van der Waals surface area contributed by atoms with Crippen molar-refractivity contribution in [3.8, 4) is 11.7 Å². The molecule has 0 radical (unpaired) electrons. The van der Waals surface area contributed by atoms with Crippen LogP contribution in [-0.4, -0.2) is 87.7 Å². The fourth-order valence-electron chi connectivity index (χ4n) is 6.21. The van der Waals surface area contributed by atoms with Crippen LogP contribution in [0, 0.1) is 0 Å². The summed E-state index contributed by atoms with van der Waals surface area (Å²) in [6.45, 7) is 2.66. The lowest BCUT2D eigenvalue weighted by Crippen LogP contribution is -2.42. The molecule has 1 saturated heterocycles. The van der Waals surface area contributed by atoms with Crippen molar-refractivity contribution in [2.75, 3.05) is 23.7 Å². The van der Waals surface area contributed by atoms with Gasteiger partial charge in [0.05, 0.1) is 12.5 Å². The fourth-order valence-corrected chi connectivity index (χ4v) is 6.21. The molecule has 4 atom stereocenters. The van der Waals surface area contributed by atoms with Gasteiger partial charge in [0, 0.05) is 25.6 Å². The van der Waals surface area contributed by atoms with Gasteiger partial charge in [0.1, 0.15) is 24.3 Å². The van der Waals surface area contributed by atoms with Gasteiger partial charge in [0.2, 0.25) is 5.95 Å². The second-order valence-corrected chi connectivity index (χ2v) is 12.4. The number of phenolic OH excluding ortho intramolecular Hbond substituents is 1. The van der Waals surface area contributed by atoms with Crippen molar-refractivity contribution in [1.29, 1.82) is 0 Å². The van der Waals surface area contributed by atoms with Crippen molar-refractivity contribution in [2.24, 2.45) is 0 Å². The van der Waals surface area contributed by atoms with Crippen molar-refractivity contribution in [3.05, 3.63) is 120 Å². The number of carbonyl (C=O) groups is 2. The van der Waals surface area contributed by atoms with Gasteiger partial charge in [-0.1, -0.05) is 72.8 Å². The number of hydrogen-bond donors (Lipinski definition) is 7. The molecule has 3 aromatic heterocycles. The van der Waals surface area contributed by atoms with E-state index in [-0.39, 0.29) is 35.6 Å². The number of benzene rings is 3. The molecule has 1 aliphatic heterocycles. The normalized spacial score (nSPS) is 18.3. The van der Waals surface area contributed by atoms with Crippen LogP contribution in [0.15, 0.2) is 104 Å². The third kappa shape index (κ3) is 7.64. The number of phenols is 1. The number of anilines is 2. The van der Waals surface area contributed by atoms with Crippen LogP contribution in [0.2, 0.25) is 0 Å². The summed E-state index contributed by atoms with van der Waals surface area (Å²) in [6.07, 6.45) is -1.10. The predicted octanol–water partition coefficient (Wildman–Crippen LogP) is 3.04. The topological polar surface area (TPSA) is 214 Å². The van der Waals surface area contributed by atoms with Crippen molar-refractivity contribution >= 4 is 34.7 Å². The van der Waals surface area contributed by atoms with E-state index in [1.807, 2.05) is 36.4 Å². The van der Waals surface area contributed by atoms with E-state index >= 15 is 0 Å². The number of aliphatic hydroxyl groups is 2. The minimum Gasteiger partial charge on any atom is -0.508 e. The Hall–Kier alpha value is -6.36. The van der Waals surface area contributed by atoms with Gasteiger partial charge in [-0.3, -0.25) is 19.2 Å². The molecule has 0 aliphatic carbocycles. The molecule has 53 heavy (non-hydrogen) atoms. The summed E-state index contributed by atoms with van der Waals surface area (Å²) in [5.74, 6) is 0.191. The molecule has 272 valence electrons. The SMILES string of the molecule is CCNC(=O)[C@H]1O[C@@H](n2cnc3c(NCC(c4ccccc4)c4ccccc4)nc(-n4cnc(NC(=O)NCc5cccc(O)c5)c4)nc32)[C@H](O)[C@@H]1O. The molecule has 7 rings (SSSR count). The van der Waals surface area contributed by atoms with Gasteiger partial charge >= 0.3 is 6.03 Å². The first kappa shape index (κ1) is 35.1. The summed E-state index contributed by atoms with van der Waals surface area (Å²) < 4.78 is 8.87. The van der Waals surface area contributed by atoms with Crippen LogP contribution in [0.1, 0.15) is 35.8 Å². The average Bonchev–Trinajstić information content (AvgIpc) is 3.89. The highest BCUT2D eigenvalue weighted by molar-refractivity contribution is 5.88. The van der Waals surface area contributed by atoms with Crippen molar-refractivity contribution in [1.82, 2.24) is 39.7 Å². The Labute approximate surface area is 303 Å². The van der Waals surface area contributed by atoms with Crippen LogP contribution >= 0.6 is 0 Å². The minimum absolute atomic E-state index is 0.0664. The van der Waals surface area contributed by atoms with E-state index in [1.54, 1.807) is 31.2 Å².